The summed E-state index contributed by atoms with van der Waals surface area (Å²) in [5.41, 5.74) is 1.22. The van der Waals surface area contributed by atoms with E-state index in [9.17, 15) is 18.4 Å². The molecule has 1 aliphatic rings. The second-order valence-corrected chi connectivity index (χ2v) is 7.20. The van der Waals surface area contributed by atoms with Gasteiger partial charge in [0, 0.05) is 31.6 Å². The number of benzene rings is 1. The Bertz CT molecular complexity index is 1230. The fourth-order valence-corrected chi connectivity index (χ4v) is 3.34. The zero-order valence-corrected chi connectivity index (χ0v) is 16.9. The predicted molar refractivity (Wildman–Crippen MR) is 109 cm³/mol. The molecule has 1 aliphatic heterocycles. The summed E-state index contributed by atoms with van der Waals surface area (Å²) in [7, 11) is 1.58. The van der Waals surface area contributed by atoms with Gasteiger partial charge in [-0.15, -0.1) is 5.10 Å². The number of ether oxygens (including phenoxy) is 1. The third kappa shape index (κ3) is 4.31. The van der Waals surface area contributed by atoms with Crippen molar-refractivity contribution in [3.63, 3.8) is 0 Å². The third-order valence-electron chi connectivity index (χ3n) is 4.78. The van der Waals surface area contributed by atoms with Gasteiger partial charge in [-0.05, 0) is 37.2 Å². The van der Waals surface area contributed by atoms with Crippen molar-refractivity contribution < 1.29 is 13.5 Å². The maximum Gasteiger partial charge on any atom is 0.394 e. The number of alkyl halides is 2. The van der Waals surface area contributed by atoms with E-state index >= 15 is 0 Å². The Kier molecular flexibility index (Phi) is 5.27. The highest BCUT2D eigenvalue weighted by Gasteiger charge is 2.24. The van der Waals surface area contributed by atoms with Crippen molar-refractivity contribution in [2.45, 2.75) is 26.0 Å². The molecule has 3 heterocycles. The SMILES string of the molecule is Cn1cncc(Nc2nn(-c3ccc(OC(C)(F)F)cc3)c(=O)c3c2CNCC3)c1=O. The number of nitrogens with one attached hydrogen (secondary N) is 2. The lowest BCUT2D eigenvalue weighted by atomic mass is 10.0. The number of aryl methyl sites for hydroxylation is 1. The van der Waals surface area contributed by atoms with Gasteiger partial charge in [0.25, 0.3) is 11.1 Å². The molecule has 3 aromatic rings. The molecule has 0 spiro atoms. The Morgan fingerprint density at radius 2 is 1.90 bits per heavy atom. The van der Waals surface area contributed by atoms with Gasteiger partial charge in [0.05, 0.1) is 18.2 Å². The Labute approximate surface area is 175 Å². The van der Waals surface area contributed by atoms with Gasteiger partial charge in [-0.25, -0.2) is 4.98 Å². The average molecular weight is 430 g/mol. The van der Waals surface area contributed by atoms with Crippen LogP contribution < -0.4 is 26.5 Å². The van der Waals surface area contributed by atoms with Crippen LogP contribution in [0.5, 0.6) is 5.75 Å². The Morgan fingerprint density at radius 3 is 2.61 bits per heavy atom. The molecule has 2 aromatic heterocycles. The molecule has 9 nitrogen and oxygen atoms in total. The number of nitrogens with zero attached hydrogens (tertiary/aromatic N) is 4. The minimum atomic E-state index is -3.32. The molecule has 0 saturated heterocycles. The first-order valence-electron chi connectivity index (χ1n) is 9.53. The molecule has 1 aromatic carbocycles. The molecule has 0 radical (unpaired) electrons. The van der Waals surface area contributed by atoms with Gasteiger partial charge in [0.2, 0.25) is 0 Å². The number of hydrogen-bond donors (Lipinski definition) is 2. The lowest BCUT2D eigenvalue weighted by Crippen LogP contribution is -2.35. The lowest BCUT2D eigenvalue weighted by Gasteiger charge is -2.21. The number of hydrogen-bond acceptors (Lipinski definition) is 7. The zero-order chi connectivity index (χ0) is 22.2. The third-order valence-corrected chi connectivity index (χ3v) is 4.78. The molecule has 0 saturated carbocycles. The first-order valence-corrected chi connectivity index (χ1v) is 9.53. The summed E-state index contributed by atoms with van der Waals surface area (Å²) < 4.78 is 33.2. The van der Waals surface area contributed by atoms with Crippen LogP contribution in [0.1, 0.15) is 18.1 Å². The van der Waals surface area contributed by atoms with E-state index in [2.05, 4.69) is 25.5 Å². The van der Waals surface area contributed by atoms with Gasteiger partial charge in [-0.2, -0.15) is 13.5 Å². The van der Waals surface area contributed by atoms with Crippen LogP contribution in [0, 0.1) is 0 Å². The monoisotopic (exact) mass is 430 g/mol. The van der Waals surface area contributed by atoms with E-state index in [0.717, 1.165) is 0 Å². The van der Waals surface area contributed by atoms with Crippen molar-refractivity contribution in [3.8, 4) is 11.4 Å². The van der Waals surface area contributed by atoms with Crippen molar-refractivity contribution >= 4 is 11.5 Å². The summed E-state index contributed by atoms with van der Waals surface area (Å²) in [6.07, 6.45) is -0.0520. The molecule has 0 unspecified atom stereocenters. The molecular formula is C20H20F2N6O3. The normalized spacial score (nSPS) is 13.5. The molecule has 0 atom stereocenters. The fourth-order valence-electron chi connectivity index (χ4n) is 3.34. The lowest BCUT2D eigenvalue weighted by molar-refractivity contribution is -0.158. The average Bonchev–Trinajstić information content (AvgIpc) is 2.73. The van der Waals surface area contributed by atoms with Crippen molar-refractivity contribution in [2.75, 3.05) is 11.9 Å². The molecule has 31 heavy (non-hydrogen) atoms. The van der Waals surface area contributed by atoms with E-state index in [1.165, 1.54) is 46.0 Å². The highest BCUT2D eigenvalue weighted by atomic mass is 19.3. The summed E-state index contributed by atoms with van der Waals surface area (Å²) in [5, 5.41) is 10.6. The smallest absolute Gasteiger partial charge is 0.394 e. The Morgan fingerprint density at radius 1 is 1.16 bits per heavy atom. The van der Waals surface area contributed by atoms with Gasteiger partial charge < -0.3 is 19.9 Å². The molecule has 0 bridgehead atoms. The van der Waals surface area contributed by atoms with Crippen LogP contribution in [0.4, 0.5) is 20.3 Å². The molecule has 162 valence electrons. The van der Waals surface area contributed by atoms with Gasteiger partial charge in [0.15, 0.2) is 5.82 Å². The van der Waals surface area contributed by atoms with Crippen LogP contribution in [0.15, 0.2) is 46.4 Å². The number of halogens is 2. The maximum absolute atomic E-state index is 13.1. The molecule has 11 heteroatoms. The van der Waals surface area contributed by atoms with Crippen LogP contribution in [0.2, 0.25) is 0 Å². The standard InChI is InChI=1S/C20H20F2N6O3/c1-20(21,22)31-13-5-3-12(4-6-13)28-18(29)14-7-8-23-9-15(14)17(26-28)25-16-10-24-11-27(2)19(16)30/h3-6,10-11,23H,7-9H2,1-2H3,(H,25,26). The minimum absolute atomic E-state index is 0.0383. The highest BCUT2D eigenvalue weighted by Crippen LogP contribution is 2.24. The van der Waals surface area contributed by atoms with Gasteiger partial charge >= 0.3 is 6.11 Å². The van der Waals surface area contributed by atoms with Crippen molar-refractivity contribution in [1.29, 1.82) is 0 Å². The van der Waals surface area contributed by atoms with E-state index < -0.39 is 6.11 Å². The number of fused-ring (bicyclic) bond motifs is 1. The van der Waals surface area contributed by atoms with Crippen LogP contribution >= 0.6 is 0 Å². The zero-order valence-electron chi connectivity index (χ0n) is 16.9. The van der Waals surface area contributed by atoms with E-state index in [1.54, 1.807) is 7.05 Å². The summed E-state index contributed by atoms with van der Waals surface area (Å²) in [5.74, 6) is 0.302. The second-order valence-electron chi connectivity index (χ2n) is 7.20. The molecule has 0 aliphatic carbocycles. The van der Waals surface area contributed by atoms with Crippen LogP contribution in [-0.2, 0) is 20.0 Å². The van der Waals surface area contributed by atoms with E-state index in [1.807, 2.05) is 0 Å². The Balaban J connectivity index is 1.79. The second kappa shape index (κ2) is 7.91. The summed E-state index contributed by atoms with van der Waals surface area (Å²) in [4.78, 5) is 29.5. The Hall–Kier alpha value is -3.60. The quantitative estimate of drug-likeness (QED) is 0.635. The summed E-state index contributed by atoms with van der Waals surface area (Å²) in [6, 6.07) is 5.61. The first kappa shape index (κ1) is 20.7. The largest absolute Gasteiger partial charge is 0.433 e. The molecule has 0 fully saturated rings. The van der Waals surface area contributed by atoms with Gasteiger partial charge in [0.1, 0.15) is 11.4 Å². The number of aromatic nitrogens is 4. The van der Waals surface area contributed by atoms with E-state index in [-0.39, 0.29) is 22.6 Å². The van der Waals surface area contributed by atoms with Crippen molar-refractivity contribution in [2.24, 2.45) is 7.05 Å². The maximum atomic E-state index is 13.1. The van der Waals surface area contributed by atoms with Crippen LogP contribution in [-0.4, -0.2) is 32.0 Å². The van der Waals surface area contributed by atoms with Crippen molar-refractivity contribution in [3.05, 3.63) is 68.6 Å². The van der Waals surface area contributed by atoms with Crippen LogP contribution in [0.25, 0.3) is 5.69 Å². The van der Waals surface area contributed by atoms with Crippen LogP contribution in [0.3, 0.4) is 0 Å². The van der Waals surface area contributed by atoms with E-state index in [0.29, 0.717) is 49.1 Å². The summed E-state index contributed by atoms with van der Waals surface area (Å²) in [6.45, 7) is 1.68. The fraction of sp³-hybridized carbons (Fsp3) is 0.300. The minimum Gasteiger partial charge on any atom is -0.433 e. The number of anilines is 2. The molecule has 2 N–H and O–H groups in total. The molecule has 0 amide bonds. The van der Waals surface area contributed by atoms with Gasteiger partial charge in [-0.1, -0.05) is 0 Å². The van der Waals surface area contributed by atoms with Gasteiger partial charge in [-0.3, -0.25) is 9.59 Å². The molecular weight excluding hydrogens is 410 g/mol. The highest BCUT2D eigenvalue weighted by molar-refractivity contribution is 5.59. The van der Waals surface area contributed by atoms with Crippen molar-refractivity contribution in [1.82, 2.24) is 24.6 Å². The topological polar surface area (TPSA) is 103 Å². The number of rotatable bonds is 5. The van der Waals surface area contributed by atoms with E-state index in [4.69, 9.17) is 0 Å². The summed E-state index contributed by atoms with van der Waals surface area (Å²) >= 11 is 0. The first-order chi connectivity index (χ1) is 14.7. The predicted octanol–water partition coefficient (Wildman–Crippen LogP) is 1.71. The molecule has 4 rings (SSSR count).